The lowest BCUT2D eigenvalue weighted by atomic mass is 9.70. The molecular weight excluding hydrogens is 134 g/mol. The van der Waals surface area contributed by atoms with Gasteiger partial charge in [-0.3, -0.25) is 0 Å². The number of rotatable bonds is 2. The molecule has 2 rings (SSSR count). The lowest BCUT2D eigenvalue weighted by Crippen LogP contribution is -2.45. The van der Waals surface area contributed by atoms with Crippen LogP contribution in [0.15, 0.2) is 0 Å². The van der Waals surface area contributed by atoms with Gasteiger partial charge in [-0.15, -0.1) is 0 Å². The van der Waals surface area contributed by atoms with Crippen molar-refractivity contribution in [2.75, 3.05) is 0 Å². The summed E-state index contributed by atoms with van der Waals surface area (Å²) in [5, 5.41) is 0. The topological polar surface area (TPSA) is 26.0 Å². The van der Waals surface area contributed by atoms with Gasteiger partial charge in [0.05, 0.1) is 0 Å². The Morgan fingerprint density at radius 2 is 1.55 bits per heavy atom. The molecule has 11 heavy (non-hydrogen) atoms. The lowest BCUT2D eigenvalue weighted by molar-refractivity contribution is 0.144. The van der Waals surface area contributed by atoms with Crippen LogP contribution in [-0.4, -0.2) is 5.54 Å². The van der Waals surface area contributed by atoms with Crippen molar-refractivity contribution in [1.82, 2.24) is 0 Å². The Morgan fingerprint density at radius 1 is 1.09 bits per heavy atom. The van der Waals surface area contributed by atoms with Crippen LogP contribution >= 0.6 is 0 Å². The van der Waals surface area contributed by atoms with Gasteiger partial charge < -0.3 is 5.73 Å². The molecule has 0 saturated heterocycles. The Labute approximate surface area is 69.4 Å². The first-order chi connectivity index (χ1) is 4.91. The molecule has 0 atom stereocenters. The van der Waals surface area contributed by atoms with Gasteiger partial charge >= 0.3 is 0 Å². The van der Waals surface area contributed by atoms with Gasteiger partial charge in [0.1, 0.15) is 0 Å². The van der Waals surface area contributed by atoms with Gasteiger partial charge in [0, 0.05) is 5.54 Å². The van der Waals surface area contributed by atoms with Gasteiger partial charge in [0.2, 0.25) is 0 Å². The molecule has 0 aliphatic heterocycles. The van der Waals surface area contributed by atoms with Crippen molar-refractivity contribution in [3.63, 3.8) is 0 Å². The summed E-state index contributed by atoms with van der Waals surface area (Å²) in [6, 6.07) is 0. The molecule has 2 aliphatic carbocycles. The molecule has 0 bridgehead atoms. The highest BCUT2D eigenvalue weighted by molar-refractivity contribution is 5.17. The van der Waals surface area contributed by atoms with Crippen molar-refractivity contribution < 1.29 is 0 Å². The Bertz CT molecular complexity index is 165. The molecule has 0 heterocycles. The quantitative estimate of drug-likeness (QED) is 0.647. The summed E-state index contributed by atoms with van der Waals surface area (Å²) in [5.41, 5.74) is 7.39. The molecule has 2 N–H and O–H groups in total. The van der Waals surface area contributed by atoms with Gasteiger partial charge in [-0.25, -0.2) is 0 Å². The predicted octanol–water partition coefficient (Wildman–Crippen LogP) is 2.30. The van der Waals surface area contributed by atoms with Crippen molar-refractivity contribution in [2.24, 2.45) is 16.6 Å². The molecule has 1 heteroatoms. The maximum atomic E-state index is 6.25. The van der Waals surface area contributed by atoms with Crippen LogP contribution < -0.4 is 5.73 Å². The summed E-state index contributed by atoms with van der Waals surface area (Å²) in [4.78, 5) is 0. The fourth-order valence-corrected chi connectivity index (χ4v) is 2.17. The molecule has 0 unspecified atom stereocenters. The van der Waals surface area contributed by atoms with Crippen LogP contribution in [0.25, 0.3) is 0 Å². The minimum Gasteiger partial charge on any atom is -0.325 e. The first kappa shape index (κ1) is 7.60. The summed E-state index contributed by atoms with van der Waals surface area (Å²) in [6.45, 7) is 7.10. The molecule has 0 aromatic heterocycles. The average molecular weight is 153 g/mol. The molecular formula is C10H19N. The van der Waals surface area contributed by atoms with E-state index in [9.17, 15) is 0 Å². The third kappa shape index (κ3) is 0.807. The van der Waals surface area contributed by atoms with E-state index < -0.39 is 0 Å². The predicted molar refractivity (Wildman–Crippen MR) is 47.3 cm³/mol. The third-order valence-electron chi connectivity index (χ3n) is 4.54. The monoisotopic (exact) mass is 153 g/mol. The molecule has 0 spiro atoms. The van der Waals surface area contributed by atoms with E-state index in [1.165, 1.54) is 25.7 Å². The van der Waals surface area contributed by atoms with Crippen LogP contribution in [0.4, 0.5) is 0 Å². The lowest BCUT2D eigenvalue weighted by Gasteiger charge is -2.38. The van der Waals surface area contributed by atoms with Gasteiger partial charge in [-0.2, -0.15) is 0 Å². The van der Waals surface area contributed by atoms with E-state index in [1.54, 1.807) is 0 Å². The molecule has 2 fully saturated rings. The highest BCUT2D eigenvalue weighted by Gasteiger charge is 2.63. The van der Waals surface area contributed by atoms with E-state index in [2.05, 4.69) is 20.8 Å². The molecule has 0 aromatic carbocycles. The Hall–Kier alpha value is -0.0400. The first-order valence-corrected chi connectivity index (χ1v) is 4.70. The largest absolute Gasteiger partial charge is 0.325 e. The van der Waals surface area contributed by atoms with E-state index in [0.717, 1.165) is 0 Å². The average Bonchev–Trinajstić information content (AvgIpc) is 2.72. The van der Waals surface area contributed by atoms with Crippen molar-refractivity contribution in [3.8, 4) is 0 Å². The Kier molecular flexibility index (Phi) is 1.15. The van der Waals surface area contributed by atoms with Crippen LogP contribution in [0.3, 0.4) is 0 Å². The fraction of sp³-hybridized carbons (Fsp3) is 1.00. The first-order valence-electron chi connectivity index (χ1n) is 4.70. The molecule has 0 radical (unpaired) electrons. The Morgan fingerprint density at radius 3 is 1.82 bits per heavy atom. The second-order valence-electron chi connectivity index (χ2n) is 5.34. The minimum atomic E-state index is 0.193. The van der Waals surface area contributed by atoms with Gasteiger partial charge in [-0.05, 0) is 36.5 Å². The van der Waals surface area contributed by atoms with Crippen LogP contribution in [0.5, 0.6) is 0 Å². The van der Waals surface area contributed by atoms with Crippen molar-refractivity contribution in [3.05, 3.63) is 0 Å². The van der Waals surface area contributed by atoms with Crippen LogP contribution in [-0.2, 0) is 0 Å². The highest BCUT2D eigenvalue weighted by Crippen LogP contribution is 2.66. The molecule has 0 amide bonds. The maximum absolute atomic E-state index is 6.25. The summed E-state index contributed by atoms with van der Waals surface area (Å²) in [6.07, 6.45) is 5.27. The molecule has 2 aliphatic rings. The molecule has 64 valence electrons. The zero-order valence-electron chi connectivity index (χ0n) is 7.91. The van der Waals surface area contributed by atoms with E-state index in [0.29, 0.717) is 10.8 Å². The second kappa shape index (κ2) is 1.66. The highest BCUT2D eigenvalue weighted by atomic mass is 14.9. The van der Waals surface area contributed by atoms with E-state index in [-0.39, 0.29) is 5.54 Å². The number of hydrogen-bond acceptors (Lipinski definition) is 1. The zero-order valence-corrected chi connectivity index (χ0v) is 7.91. The van der Waals surface area contributed by atoms with Crippen molar-refractivity contribution >= 4 is 0 Å². The summed E-state index contributed by atoms with van der Waals surface area (Å²) < 4.78 is 0. The molecule has 0 aromatic rings. The van der Waals surface area contributed by atoms with Gasteiger partial charge in [0.25, 0.3) is 0 Å². The third-order valence-corrected chi connectivity index (χ3v) is 4.54. The van der Waals surface area contributed by atoms with Gasteiger partial charge in [-0.1, -0.05) is 20.8 Å². The summed E-state index contributed by atoms with van der Waals surface area (Å²) in [5.74, 6) is 0. The van der Waals surface area contributed by atoms with Crippen LogP contribution in [0.1, 0.15) is 46.5 Å². The fourth-order valence-electron chi connectivity index (χ4n) is 2.17. The molecule has 1 nitrogen and oxygen atoms in total. The minimum absolute atomic E-state index is 0.193. The summed E-state index contributed by atoms with van der Waals surface area (Å²) in [7, 11) is 0. The van der Waals surface area contributed by atoms with Gasteiger partial charge in [0.15, 0.2) is 0 Å². The van der Waals surface area contributed by atoms with E-state index in [1.807, 2.05) is 0 Å². The maximum Gasteiger partial charge on any atom is 0.0212 e. The van der Waals surface area contributed by atoms with Crippen molar-refractivity contribution in [1.29, 1.82) is 0 Å². The SMILES string of the molecule is CC1(C(C)(C)C2(N)CC2)CC1. The normalized spacial score (nSPS) is 31.6. The number of hydrogen-bond donors (Lipinski definition) is 1. The smallest absolute Gasteiger partial charge is 0.0212 e. The van der Waals surface area contributed by atoms with Crippen LogP contribution in [0.2, 0.25) is 0 Å². The van der Waals surface area contributed by atoms with E-state index >= 15 is 0 Å². The zero-order chi connectivity index (χ0) is 8.33. The standard InChI is InChI=1S/C10H19N/c1-8(2,9(3)4-5-9)10(11)6-7-10/h4-7,11H2,1-3H3. The number of nitrogens with two attached hydrogens (primary N) is 1. The summed E-state index contributed by atoms with van der Waals surface area (Å²) >= 11 is 0. The Balaban J connectivity index is 2.21. The van der Waals surface area contributed by atoms with Crippen LogP contribution in [0, 0.1) is 10.8 Å². The van der Waals surface area contributed by atoms with Crippen molar-refractivity contribution in [2.45, 2.75) is 52.0 Å². The second-order valence-corrected chi connectivity index (χ2v) is 5.34. The van der Waals surface area contributed by atoms with E-state index in [4.69, 9.17) is 5.73 Å². The molecule has 2 saturated carbocycles.